The Bertz CT molecular complexity index is 1130. The average molecular weight is 409 g/mol. The summed E-state index contributed by atoms with van der Waals surface area (Å²) in [5.41, 5.74) is 2.15. The predicted molar refractivity (Wildman–Crippen MR) is 114 cm³/mol. The molecule has 3 aromatic rings. The fraction of sp³-hybridized carbons (Fsp3) is 0.435. The van der Waals surface area contributed by atoms with Crippen LogP contribution in [0.5, 0.6) is 5.75 Å². The van der Waals surface area contributed by atoms with Gasteiger partial charge in [-0.05, 0) is 57.2 Å². The van der Waals surface area contributed by atoms with Crippen LogP contribution in [-0.4, -0.2) is 33.5 Å². The van der Waals surface area contributed by atoms with Crippen LogP contribution >= 0.6 is 0 Å². The number of likely N-dealkylation sites (N-methyl/N-ethyl adjacent to an activating group) is 1. The molecule has 7 nitrogen and oxygen atoms in total. The number of carbonyl (C=O) groups is 1. The third-order valence-corrected chi connectivity index (χ3v) is 5.75. The van der Waals surface area contributed by atoms with Gasteiger partial charge in [0.15, 0.2) is 6.10 Å². The summed E-state index contributed by atoms with van der Waals surface area (Å²) in [5, 5.41) is 0.958. The van der Waals surface area contributed by atoms with Crippen molar-refractivity contribution in [2.45, 2.75) is 58.7 Å². The van der Waals surface area contributed by atoms with Crippen molar-refractivity contribution in [3.8, 4) is 5.75 Å². The third-order valence-electron chi connectivity index (χ3n) is 5.75. The van der Waals surface area contributed by atoms with E-state index in [1.54, 1.807) is 31.1 Å². The van der Waals surface area contributed by atoms with Gasteiger partial charge in [-0.3, -0.25) is 4.79 Å². The first-order chi connectivity index (χ1) is 14.5. The number of carbonyl (C=O) groups excluding carboxylic acids is 1. The maximum atomic E-state index is 12.8. The Hall–Kier alpha value is -3.09. The summed E-state index contributed by atoms with van der Waals surface area (Å²) in [7, 11) is 1.74. The molecule has 30 heavy (non-hydrogen) atoms. The van der Waals surface area contributed by atoms with Crippen LogP contribution in [0.4, 0.5) is 0 Å². The van der Waals surface area contributed by atoms with Crippen molar-refractivity contribution >= 4 is 16.9 Å². The molecule has 2 heterocycles. The van der Waals surface area contributed by atoms with Crippen molar-refractivity contribution in [3.63, 3.8) is 0 Å². The summed E-state index contributed by atoms with van der Waals surface area (Å²) in [6.07, 6.45) is 6.73. The van der Waals surface area contributed by atoms with E-state index in [0.29, 0.717) is 17.9 Å². The minimum absolute atomic E-state index is 0.146. The molecule has 158 valence electrons. The lowest BCUT2D eigenvalue weighted by atomic mass is 9.91. The molecule has 1 aliphatic rings. The van der Waals surface area contributed by atoms with E-state index in [2.05, 4.69) is 4.98 Å². The Morgan fingerprint density at radius 3 is 2.83 bits per heavy atom. The van der Waals surface area contributed by atoms with E-state index in [1.165, 1.54) is 0 Å². The first-order valence-corrected chi connectivity index (χ1v) is 10.5. The average Bonchev–Trinajstić information content (AvgIpc) is 3.20. The molecule has 1 unspecified atom stereocenters. The fourth-order valence-electron chi connectivity index (χ4n) is 4.13. The lowest BCUT2D eigenvalue weighted by Gasteiger charge is -2.22. The van der Waals surface area contributed by atoms with Crippen LogP contribution in [0.2, 0.25) is 0 Å². The Morgan fingerprint density at radius 2 is 2.07 bits per heavy atom. The van der Waals surface area contributed by atoms with Crippen LogP contribution in [0.25, 0.3) is 11.0 Å². The van der Waals surface area contributed by atoms with Gasteiger partial charge in [0.25, 0.3) is 5.91 Å². The summed E-state index contributed by atoms with van der Waals surface area (Å²) >= 11 is 0. The minimum atomic E-state index is -0.679. The number of fused-ring (bicyclic) bond motifs is 3. The van der Waals surface area contributed by atoms with E-state index in [1.807, 2.05) is 29.8 Å². The highest BCUT2D eigenvalue weighted by Gasteiger charge is 2.22. The second-order valence-corrected chi connectivity index (χ2v) is 7.80. The number of hydrogen-bond donors (Lipinski definition) is 0. The standard InChI is InChI=1S/C23H27N3O4/c1-4-26-12-11-24-21(26)14-25(3)22(27)15(2)29-16-9-10-18-17-7-5-6-8-19(17)23(28)30-20(18)13-16/h9-13,15H,4-8,14H2,1-3H3. The van der Waals surface area contributed by atoms with Crippen molar-refractivity contribution in [2.75, 3.05) is 7.05 Å². The first kappa shape index (κ1) is 20.2. The van der Waals surface area contributed by atoms with Crippen molar-refractivity contribution in [3.05, 3.63) is 58.0 Å². The van der Waals surface area contributed by atoms with Gasteiger partial charge >= 0.3 is 5.63 Å². The topological polar surface area (TPSA) is 77.6 Å². The summed E-state index contributed by atoms with van der Waals surface area (Å²) in [6, 6.07) is 5.47. The lowest BCUT2D eigenvalue weighted by molar-refractivity contribution is -0.137. The quantitative estimate of drug-likeness (QED) is 0.584. The van der Waals surface area contributed by atoms with E-state index in [4.69, 9.17) is 9.15 Å². The Morgan fingerprint density at radius 1 is 1.30 bits per heavy atom. The monoisotopic (exact) mass is 409 g/mol. The van der Waals surface area contributed by atoms with Crippen molar-refractivity contribution in [1.29, 1.82) is 0 Å². The zero-order valence-electron chi connectivity index (χ0n) is 17.7. The number of aryl methyl sites for hydroxylation is 2. The van der Waals surface area contributed by atoms with Crippen LogP contribution in [-0.2, 0) is 30.7 Å². The molecule has 4 rings (SSSR count). The smallest absolute Gasteiger partial charge is 0.339 e. The summed E-state index contributed by atoms with van der Waals surface area (Å²) < 4.78 is 13.4. The number of amides is 1. The van der Waals surface area contributed by atoms with E-state index in [9.17, 15) is 9.59 Å². The molecule has 0 saturated heterocycles. The SMILES string of the molecule is CCn1ccnc1CN(C)C(=O)C(C)Oc1ccc2c3c(c(=O)oc2c1)CCCC3. The highest BCUT2D eigenvalue weighted by Crippen LogP contribution is 2.29. The van der Waals surface area contributed by atoms with Gasteiger partial charge in [0.1, 0.15) is 17.2 Å². The van der Waals surface area contributed by atoms with E-state index in [0.717, 1.165) is 54.6 Å². The Labute approximate surface area is 175 Å². The number of benzene rings is 1. The molecule has 0 radical (unpaired) electrons. The molecule has 0 aliphatic heterocycles. The molecule has 1 amide bonds. The molecular formula is C23H27N3O4. The van der Waals surface area contributed by atoms with E-state index < -0.39 is 6.10 Å². The molecule has 1 atom stereocenters. The largest absolute Gasteiger partial charge is 0.481 e. The normalized spacial score (nSPS) is 14.4. The van der Waals surface area contributed by atoms with Crippen LogP contribution in [0.1, 0.15) is 43.6 Å². The van der Waals surface area contributed by atoms with E-state index in [-0.39, 0.29) is 11.5 Å². The number of imidazole rings is 1. The number of ether oxygens (including phenoxy) is 1. The molecule has 0 spiro atoms. The van der Waals surface area contributed by atoms with Gasteiger partial charge in [-0.15, -0.1) is 0 Å². The van der Waals surface area contributed by atoms with Gasteiger partial charge < -0.3 is 18.6 Å². The molecule has 0 fully saturated rings. The molecule has 1 aromatic carbocycles. The highest BCUT2D eigenvalue weighted by atomic mass is 16.5. The van der Waals surface area contributed by atoms with E-state index >= 15 is 0 Å². The van der Waals surface area contributed by atoms with Crippen LogP contribution in [0.3, 0.4) is 0 Å². The zero-order chi connectivity index (χ0) is 21.3. The molecule has 0 saturated carbocycles. The fourth-order valence-corrected chi connectivity index (χ4v) is 4.13. The number of nitrogens with zero attached hydrogens (tertiary/aromatic N) is 3. The van der Waals surface area contributed by atoms with Crippen LogP contribution < -0.4 is 10.4 Å². The summed E-state index contributed by atoms with van der Waals surface area (Å²) in [4.78, 5) is 31.0. The maximum Gasteiger partial charge on any atom is 0.339 e. The molecule has 1 aliphatic carbocycles. The molecular weight excluding hydrogens is 382 g/mol. The Balaban J connectivity index is 1.50. The molecule has 2 aromatic heterocycles. The molecule has 0 bridgehead atoms. The van der Waals surface area contributed by atoms with Crippen LogP contribution in [0.15, 0.2) is 39.8 Å². The minimum Gasteiger partial charge on any atom is -0.481 e. The van der Waals surface area contributed by atoms with Gasteiger partial charge in [-0.1, -0.05) is 0 Å². The second kappa shape index (κ2) is 8.34. The van der Waals surface area contributed by atoms with Gasteiger partial charge in [0, 0.05) is 43.0 Å². The van der Waals surface area contributed by atoms with Crippen LogP contribution in [0, 0.1) is 0 Å². The number of hydrogen-bond acceptors (Lipinski definition) is 5. The third kappa shape index (κ3) is 3.84. The number of rotatable bonds is 6. The predicted octanol–water partition coefficient (Wildman–Crippen LogP) is 3.31. The summed E-state index contributed by atoms with van der Waals surface area (Å²) in [5.74, 6) is 1.19. The Kier molecular flexibility index (Phi) is 5.61. The van der Waals surface area contributed by atoms with Crippen molar-refractivity contribution in [1.82, 2.24) is 14.5 Å². The number of aromatic nitrogens is 2. The summed E-state index contributed by atoms with van der Waals surface area (Å²) in [6.45, 7) is 4.97. The maximum absolute atomic E-state index is 12.8. The molecule has 7 heteroatoms. The van der Waals surface area contributed by atoms with Gasteiger partial charge in [-0.25, -0.2) is 9.78 Å². The molecule has 0 N–H and O–H groups in total. The van der Waals surface area contributed by atoms with Gasteiger partial charge in [0.05, 0.1) is 6.54 Å². The zero-order valence-corrected chi connectivity index (χ0v) is 17.7. The van der Waals surface area contributed by atoms with Gasteiger partial charge in [-0.2, -0.15) is 0 Å². The second-order valence-electron chi connectivity index (χ2n) is 7.80. The van der Waals surface area contributed by atoms with Crippen molar-refractivity contribution < 1.29 is 13.9 Å². The van der Waals surface area contributed by atoms with Gasteiger partial charge in [0.2, 0.25) is 0 Å². The van der Waals surface area contributed by atoms with Crippen molar-refractivity contribution in [2.24, 2.45) is 0 Å². The first-order valence-electron chi connectivity index (χ1n) is 10.5. The lowest BCUT2D eigenvalue weighted by Crippen LogP contribution is -2.38. The highest BCUT2D eigenvalue weighted by molar-refractivity contribution is 5.83.